The standard InChI is InChI=1S/C9H12IN3O/c1-6(9(11)13-14)12-8-5-3-2-4-7(8)10/h2-6,12,14H,1H3,(H2,11,13). The molecule has 0 aliphatic carbocycles. The molecule has 4 nitrogen and oxygen atoms in total. The van der Waals surface area contributed by atoms with E-state index in [0.29, 0.717) is 0 Å². The number of para-hydroxylation sites is 1. The van der Waals surface area contributed by atoms with E-state index < -0.39 is 0 Å². The van der Waals surface area contributed by atoms with Crippen LogP contribution in [0.25, 0.3) is 0 Å². The lowest BCUT2D eigenvalue weighted by atomic mass is 10.2. The molecule has 76 valence electrons. The van der Waals surface area contributed by atoms with Crippen LogP contribution in [0.4, 0.5) is 5.69 Å². The number of halogens is 1. The Morgan fingerprint density at radius 1 is 1.57 bits per heavy atom. The highest BCUT2D eigenvalue weighted by Crippen LogP contribution is 2.17. The van der Waals surface area contributed by atoms with Crippen LogP contribution in [-0.4, -0.2) is 17.1 Å². The number of hydrogen-bond donors (Lipinski definition) is 3. The zero-order chi connectivity index (χ0) is 10.6. The topological polar surface area (TPSA) is 70.6 Å². The van der Waals surface area contributed by atoms with Gasteiger partial charge in [-0.15, -0.1) is 0 Å². The van der Waals surface area contributed by atoms with Crippen molar-refractivity contribution in [2.24, 2.45) is 10.9 Å². The number of hydrogen-bond acceptors (Lipinski definition) is 3. The Kier molecular flexibility index (Phi) is 3.99. The van der Waals surface area contributed by atoms with Crippen molar-refractivity contribution in [3.63, 3.8) is 0 Å². The van der Waals surface area contributed by atoms with Crippen molar-refractivity contribution in [3.8, 4) is 0 Å². The molecule has 0 spiro atoms. The van der Waals surface area contributed by atoms with Crippen LogP contribution in [-0.2, 0) is 0 Å². The second kappa shape index (κ2) is 5.04. The van der Waals surface area contributed by atoms with Crippen molar-refractivity contribution >= 4 is 34.1 Å². The smallest absolute Gasteiger partial charge is 0.161 e. The summed E-state index contributed by atoms with van der Waals surface area (Å²) in [6, 6.07) is 7.64. The Labute approximate surface area is 96.3 Å². The predicted molar refractivity (Wildman–Crippen MR) is 65.7 cm³/mol. The third-order valence-electron chi connectivity index (χ3n) is 1.80. The molecule has 1 aromatic carbocycles. The molecule has 1 rings (SSSR count). The molecule has 14 heavy (non-hydrogen) atoms. The first kappa shape index (κ1) is 11.1. The van der Waals surface area contributed by atoms with E-state index in [1.54, 1.807) is 0 Å². The second-order valence-corrected chi connectivity index (χ2v) is 4.03. The van der Waals surface area contributed by atoms with Crippen molar-refractivity contribution < 1.29 is 5.21 Å². The molecule has 0 heterocycles. The molecule has 1 atom stereocenters. The van der Waals surface area contributed by atoms with E-state index in [-0.39, 0.29) is 11.9 Å². The molecule has 0 saturated heterocycles. The van der Waals surface area contributed by atoms with Crippen LogP contribution in [0.1, 0.15) is 6.92 Å². The summed E-state index contributed by atoms with van der Waals surface area (Å²) in [5.74, 6) is 0.171. The van der Waals surface area contributed by atoms with Gasteiger partial charge in [-0.1, -0.05) is 17.3 Å². The first-order valence-electron chi connectivity index (χ1n) is 4.13. The van der Waals surface area contributed by atoms with E-state index in [2.05, 4.69) is 33.1 Å². The Hall–Kier alpha value is -0.980. The average Bonchev–Trinajstić information content (AvgIpc) is 2.20. The maximum absolute atomic E-state index is 8.47. The highest BCUT2D eigenvalue weighted by atomic mass is 127. The lowest BCUT2D eigenvalue weighted by Gasteiger charge is -2.14. The summed E-state index contributed by atoms with van der Waals surface area (Å²) in [7, 11) is 0. The molecule has 1 unspecified atom stereocenters. The van der Waals surface area contributed by atoms with E-state index >= 15 is 0 Å². The first-order chi connectivity index (χ1) is 6.65. The van der Waals surface area contributed by atoms with Crippen LogP contribution in [0.15, 0.2) is 29.4 Å². The van der Waals surface area contributed by atoms with E-state index in [1.165, 1.54) is 0 Å². The predicted octanol–water partition coefficient (Wildman–Crippen LogP) is 1.84. The number of nitrogens with two attached hydrogens (primary N) is 1. The molecular formula is C9H12IN3O. The number of benzene rings is 1. The molecule has 0 radical (unpaired) electrons. The summed E-state index contributed by atoms with van der Waals surface area (Å²) in [6.07, 6.45) is 0. The monoisotopic (exact) mass is 305 g/mol. The normalized spacial score (nSPS) is 13.7. The summed E-state index contributed by atoms with van der Waals surface area (Å²) >= 11 is 2.22. The number of anilines is 1. The fourth-order valence-corrected chi connectivity index (χ4v) is 1.52. The van der Waals surface area contributed by atoms with Gasteiger partial charge in [0, 0.05) is 9.26 Å². The number of oxime groups is 1. The molecule has 0 saturated carbocycles. The molecule has 1 aromatic rings. The number of nitrogens with zero attached hydrogens (tertiary/aromatic N) is 1. The van der Waals surface area contributed by atoms with Gasteiger partial charge in [-0.2, -0.15) is 0 Å². The SMILES string of the molecule is CC(Nc1ccccc1I)/C(N)=N/O. The Bertz CT molecular complexity index is 341. The summed E-state index contributed by atoms with van der Waals surface area (Å²) in [5, 5.41) is 14.6. The van der Waals surface area contributed by atoms with Gasteiger partial charge >= 0.3 is 0 Å². The van der Waals surface area contributed by atoms with Gasteiger partial charge in [-0.05, 0) is 41.6 Å². The number of nitrogens with one attached hydrogen (secondary N) is 1. The lowest BCUT2D eigenvalue weighted by molar-refractivity contribution is 0.316. The maximum atomic E-state index is 8.47. The Balaban J connectivity index is 2.74. The number of rotatable bonds is 3. The summed E-state index contributed by atoms with van der Waals surface area (Å²) in [4.78, 5) is 0. The van der Waals surface area contributed by atoms with Crippen molar-refractivity contribution in [1.82, 2.24) is 0 Å². The highest BCUT2D eigenvalue weighted by Gasteiger charge is 2.08. The van der Waals surface area contributed by atoms with Crippen molar-refractivity contribution in [2.75, 3.05) is 5.32 Å². The van der Waals surface area contributed by atoms with Crippen LogP contribution in [0.2, 0.25) is 0 Å². The molecular weight excluding hydrogens is 293 g/mol. The quantitative estimate of drug-likeness (QED) is 0.262. The Morgan fingerprint density at radius 3 is 2.79 bits per heavy atom. The molecule has 0 aliphatic heterocycles. The van der Waals surface area contributed by atoms with Crippen LogP contribution < -0.4 is 11.1 Å². The van der Waals surface area contributed by atoms with Crippen molar-refractivity contribution in [3.05, 3.63) is 27.8 Å². The Morgan fingerprint density at radius 2 is 2.21 bits per heavy atom. The molecule has 0 bridgehead atoms. The van der Waals surface area contributed by atoms with Gasteiger partial charge < -0.3 is 16.3 Å². The molecule has 0 aliphatic rings. The van der Waals surface area contributed by atoms with Gasteiger partial charge in [0.2, 0.25) is 0 Å². The van der Waals surface area contributed by atoms with Gasteiger partial charge in [-0.25, -0.2) is 0 Å². The third kappa shape index (κ3) is 2.76. The minimum Gasteiger partial charge on any atom is -0.409 e. The van der Waals surface area contributed by atoms with Crippen LogP contribution in [0, 0.1) is 3.57 Å². The zero-order valence-electron chi connectivity index (χ0n) is 7.74. The zero-order valence-corrected chi connectivity index (χ0v) is 9.89. The van der Waals surface area contributed by atoms with Gasteiger partial charge in [0.25, 0.3) is 0 Å². The lowest BCUT2D eigenvalue weighted by Crippen LogP contribution is -2.33. The molecule has 5 heteroatoms. The summed E-state index contributed by atoms with van der Waals surface area (Å²) in [5.41, 5.74) is 6.43. The van der Waals surface area contributed by atoms with Crippen molar-refractivity contribution in [1.29, 1.82) is 0 Å². The van der Waals surface area contributed by atoms with E-state index in [4.69, 9.17) is 10.9 Å². The number of amidine groups is 1. The van der Waals surface area contributed by atoms with Gasteiger partial charge in [0.05, 0.1) is 6.04 Å². The highest BCUT2D eigenvalue weighted by molar-refractivity contribution is 14.1. The van der Waals surface area contributed by atoms with Gasteiger partial charge in [-0.3, -0.25) is 0 Å². The van der Waals surface area contributed by atoms with Gasteiger partial charge in [0.1, 0.15) is 0 Å². The minimum atomic E-state index is -0.184. The van der Waals surface area contributed by atoms with Crippen LogP contribution >= 0.6 is 22.6 Å². The van der Waals surface area contributed by atoms with Gasteiger partial charge in [0.15, 0.2) is 5.84 Å². The largest absolute Gasteiger partial charge is 0.409 e. The molecule has 0 amide bonds. The van der Waals surface area contributed by atoms with Crippen LogP contribution in [0.5, 0.6) is 0 Å². The molecule has 0 fully saturated rings. The maximum Gasteiger partial charge on any atom is 0.161 e. The first-order valence-corrected chi connectivity index (χ1v) is 5.21. The van der Waals surface area contributed by atoms with E-state index in [9.17, 15) is 0 Å². The second-order valence-electron chi connectivity index (χ2n) is 2.87. The fourth-order valence-electron chi connectivity index (χ4n) is 0.972. The molecule has 4 N–H and O–H groups in total. The van der Waals surface area contributed by atoms with E-state index in [1.807, 2.05) is 31.2 Å². The minimum absolute atomic E-state index is 0.171. The third-order valence-corrected chi connectivity index (χ3v) is 2.75. The summed E-state index contributed by atoms with van der Waals surface area (Å²) in [6.45, 7) is 1.83. The van der Waals surface area contributed by atoms with Crippen molar-refractivity contribution in [2.45, 2.75) is 13.0 Å². The molecule has 0 aromatic heterocycles. The van der Waals surface area contributed by atoms with Crippen LogP contribution in [0.3, 0.4) is 0 Å². The average molecular weight is 305 g/mol. The fraction of sp³-hybridized carbons (Fsp3) is 0.222. The summed E-state index contributed by atoms with van der Waals surface area (Å²) < 4.78 is 1.10. The van der Waals surface area contributed by atoms with E-state index in [0.717, 1.165) is 9.26 Å².